The molecule has 7 nitrogen and oxygen atoms in total. The third kappa shape index (κ3) is 3.39. The average Bonchev–Trinajstić information content (AvgIpc) is 3.07. The molecule has 0 aliphatic carbocycles. The molecule has 3 aromatic rings. The second-order valence-corrected chi connectivity index (χ2v) is 6.58. The van der Waals surface area contributed by atoms with Crippen molar-refractivity contribution in [2.24, 2.45) is 0 Å². The summed E-state index contributed by atoms with van der Waals surface area (Å²) in [6.45, 7) is 3.72. The molecule has 0 aliphatic rings. The molecule has 0 saturated carbocycles. The zero-order chi connectivity index (χ0) is 18.0. The number of nitrogens with zero attached hydrogens (tertiary/aromatic N) is 3. The standard InChI is InChI=1S/C17H18N4O3S/c1-11(2)21-16(23)15-13(10-25-19-15)20(17(21)24)9-14(22)18-8-12-6-4-3-5-7-12/h3-7,10-11H,8-9H2,1-2H3,(H,18,22). The quantitative estimate of drug-likeness (QED) is 0.749. The summed E-state index contributed by atoms with van der Waals surface area (Å²) in [5, 5.41) is 4.41. The van der Waals surface area contributed by atoms with Crippen LogP contribution in [0.2, 0.25) is 0 Å². The number of fused-ring (bicyclic) bond motifs is 1. The number of hydrogen-bond acceptors (Lipinski definition) is 5. The summed E-state index contributed by atoms with van der Waals surface area (Å²) in [6.07, 6.45) is 0. The maximum Gasteiger partial charge on any atom is 0.332 e. The molecule has 1 aromatic carbocycles. The van der Waals surface area contributed by atoms with E-state index in [0.29, 0.717) is 12.1 Å². The van der Waals surface area contributed by atoms with Crippen LogP contribution >= 0.6 is 11.5 Å². The highest BCUT2D eigenvalue weighted by Crippen LogP contribution is 2.11. The van der Waals surface area contributed by atoms with Crippen LogP contribution in [-0.2, 0) is 17.9 Å². The van der Waals surface area contributed by atoms with Crippen molar-refractivity contribution in [1.29, 1.82) is 0 Å². The molecule has 130 valence electrons. The lowest BCUT2D eigenvalue weighted by molar-refractivity contribution is -0.121. The minimum absolute atomic E-state index is 0.159. The third-order valence-electron chi connectivity index (χ3n) is 3.85. The fraction of sp³-hybridized carbons (Fsp3) is 0.294. The Morgan fingerprint density at radius 1 is 1.24 bits per heavy atom. The summed E-state index contributed by atoms with van der Waals surface area (Å²) in [4.78, 5) is 37.4. The number of benzene rings is 1. The van der Waals surface area contributed by atoms with Crippen molar-refractivity contribution in [3.05, 3.63) is 62.1 Å². The van der Waals surface area contributed by atoms with Crippen LogP contribution < -0.4 is 16.6 Å². The fourth-order valence-electron chi connectivity index (χ4n) is 2.61. The first-order valence-corrected chi connectivity index (χ1v) is 8.72. The van der Waals surface area contributed by atoms with Crippen LogP contribution in [0.3, 0.4) is 0 Å². The highest BCUT2D eigenvalue weighted by molar-refractivity contribution is 7.04. The second kappa shape index (κ2) is 7.02. The minimum atomic E-state index is -0.498. The van der Waals surface area contributed by atoms with Crippen LogP contribution in [-0.4, -0.2) is 19.4 Å². The van der Waals surface area contributed by atoms with Crippen LogP contribution in [0, 0.1) is 0 Å². The highest BCUT2D eigenvalue weighted by Gasteiger charge is 2.18. The summed E-state index contributed by atoms with van der Waals surface area (Å²) in [7, 11) is 0. The maximum atomic E-state index is 12.7. The van der Waals surface area contributed by atoms with Crippen LogP contribution in [0.4, 0.5) is 0 Å². The number of carbonyl (C=O) groups is 1. The molecular weight excluding hydrogens is 340 g/mol. The topological polar surface area (TPSA) is 86.0 Å². The first-order valence-electron chi connectivity index (χ1n) is 7.89. The maximum absolute atomic E-state index is 12.7. The number of carbonyl (C=O) groups excluding carboxylic acids is 1. The molecule has 0 fully saturated rings. The van der Waals surface area contributed by atoms with Gasteiger partial charge in [0.1, 0.15) is 6.54 Å². The Balaban J connectivity index is 1.90. The van der Waals surface area contributed by atoms with E-state index in [1.807, 2.05) is 30.3 Å². The van der Waals surface area contributed by atoms with Crippen molar-refractivity contribution in [2.75, 3.05) is 0 Å². The molecule has 1 N–H and O–H groups in total. The molecule has 0 saturated heterocycles. The molecule has 0 atom stereocenters. The number of aromatic nitrogens is 3. The van der Waals surface area contributed by atoms with Gasteiger partial charge in [-0.3, -0.25) is 18.7 Å². The van der Waals surface area contributed by atoms with Crippen molar-refractivity contribution in [1.82, 2.24) is 18.8 Å². The average molecular weight is 358 g/mol. The zero-order valence-corrected chi connectivity index (χ0v) is 14.7. The van der Waals surface area contributed by atoms with Crippen molar-refractivity contribution < 1.29 is 4.79 Å². The van der Waals surface area contributed by atoms with Gasteiger partial charge in [0.2, 0.25) is 5.91 Å². The van der Waals surface area contributed by atoms with Crippen LogP contribution in [0.15, 0.2) is 45.3 Å². The van der Waals surface area contributed by atoms with E-state index in [1.54, 1.807) is 19.2 Å². The SMILES string of the molecule is CC(C)n1c(=O)c2nscc2n(CC(=O)NCc2ccccc2)c1=O. The van der Waals surface area contributed by atoms with Gasteiger partial charge in [0.25, 0.3) is 5.56 Å². The Morgan fingerprint density at radius 3 is 2.64 bits per heavy atom. The first-order chi connectivity index (χ1) is 12.0. The Labute approximate surface area is 147 Å². The summed E-state index contributed by atoms with van der Waals surface area (Å²) >= 11 is 1.09. The molecule has 2 aromatic heterocycles. The highest BCUT2D eigenvalue weighted by atomic mass is 32.1. The predicted molar refractivity (Wildman–Crippen MR) is 96.8 cm³/mol. The normalized spacial score (nSPS) is 11.2. The van der Waals surface area contributed by atoms with Gasteiger partial charge in [0, 0.05) is 18.0 Å². The molecule has 1 amide bonds. The second-order valence-electron chi connectivity index (χ2n) is 5.95. The molecule has 0 unspecified atom stereocenters. The van der Waals surface area contributed by atoms with Gasteiger partial charge in [-0.1, -0.05) is 30.3 Å². The summed E-state index contributed by atoms with van der Waals surface area (Å²) in [5.41, 5.74) is 0.665. The van der Waals surface area contributed by atoms with Gasteiger partial charge in [-0.15, -0.1) is 0 Å². The molecule has 0 radical (unpaired) electrons. The number of nitrogens with one attached hydrogen (secondary N) is 1. The molecule has 2 heterocycles. The van der Waals surface area contributed by atoms with E-state index in [4.69, 9.17) is 0 Å². The van der Waals surface area contributed by atoms with E-state index in [2.05, 4.69) is 9.69 Å². The molecule has 0 bridgehead atoms. The lowest BCUT2D eigenvalue weighted by Crippen LogP contribution is -2.43. The Bertz CT molecular complexity index is 1020. The molecule has 3 rings (SSSR count). The zero-order valence-electron chi connectivity index (χ0n) is 13.9. The van der Waals surface area contributed by atoms with Crippen LogP contribution in [0.5, 0.6) is 0 Å². The van der Waals surface area contributed by atoms with Crippen LogP contribution in [0.25, 0.3) is 11.0 Å². The van der Waals surface area contributed by atoms with Crippen molar-refractivity contribution in [3.8, 4) is 0 Å². The summed E-state index contributed by atoms with van der Waals surface area (Å²) in [6, 6.07) is 9.19. The van der Waals surface area contributed by atoms with Gasteiger partial charge in [0.05, 0.1) is 5.52 Å². The first kappa shape index (κ1) is 17.1. The smallest absolute Gasteiger partial charge is 0.332 e. The largest absolute Gasteiger partial charge is 0.350 e. The molecule has 25 heavy (non-hydrogen) atoms. The van der Waals surface area contributed by atoms with Gasteiger partial charge in [-0.2, -0.15) is 4.37 Å². The van der Waals surface area contributed by atoms with Gasteiger partial charge >= 0.3 is 5.69 Å². The van der Waals surface area contributed by atoms with E-state index in [-0.39, 0.29) is 24.0 Å². The lowest BCUT2D eigenvalue weighted by Gasteiger charge is -2.14. The van der Waals surface area contributed by atoms with Crippen LogP contribution in [0.1, 0.15) is 25.5 Å². The minimum Gasteiger partial charge on any atom is -0.350 e. The van der Waals surface area contributed by atoms with Crippen molar-refractivity contribution in [2.45, 2.75) is 33.0 Å². The Morgan fingerprint density at radius 2 is 1.96 bits per heavy atom. The monoisotopic (exact) mass is 358 g/mol. The number of rotatable bonds is 5. The lowest BCUT2D eigenvalue weighted by atomic mass is 10.2. The van der Waals surface area contributed by atoms with E-state index in [9.17, 15) is 14.4 Å². The van der Waals surface area contributed by atoms with E-state index >= 15 is 0 Å². The molecule has 0 aliphatic heterocycles. The van der Waals surface area contributed by atoms with Gasteiger partial charge < -0.3 is 5.32 Å². The molecule has 8 heteroatoms. The van der Waals surface area contributed by atoms with Gasteiger partial charge in [0.15, 0.2) is 5.52 Å². The Hall–Kier alpha value is -2.74. The van der Waals surface area contributed by atoms with E-state index in [1.165, 1.54) is 4.57 Å². The molecule has 0 spiro atoms. The summed E-state index contributed by atoms with van der Waals surface area (Å²) < 4.78 is 6.52. The van der Waals surface area contributed by atoms with E-state index < -0.39 is 11.2 Å². The van der Waals surface area contributed by atoms with Crippen molar-refractivity contribution in [3.63, 3.8) is 0 Å². The Kier molecular flexibility index (Phi) is 4.80. The predicted octanol–water partition coefficient (Wildman–Crippen LogP) is 1.52. The summed E-state index contributed by atoms with van der Waals surface area (Å²) in [5.74, 6) is -0.299. The third-order valence-corrected chi connectivity index (χ3v) is 4.47. The number of hydrogen-bond donors (Lipinski definition) is 1. The van der Waals surface area contributed by atoms with Gasteiger partial charge in [-0.25, -0.2) is 4.79 Å². The number of amides is 1. The van der Waals surface area contributed by atoms with E-state index in [0.717, 1.165) is 21.7 Å². The van der Waals surface area contributed by atoms with Crippen molar-refractivity contribution >= 4 is 28.5 Å². The van der Waals surface area contributed by atoms with Gasteiger partial charge in [-0.05, 0) is 30.9 Å². The fourth-order valence-corrected chi connectivity index (χ4v) is 3.28. The molecular formula is C17H18N4O3S.